The standard InChI is InChI=1S/C17H30N4O8/c1-4-8(2)13(16(27)19-9(3)17(28)29)21-15(26)11(7-22)20-14(25)10(18)5-6-12(23)24/h8-11,13,22H,4-7,18H2,1-3H3,(H,19,27)(H,20,25)(H,21,26)(H,23,24)(H,28,29). The first kappa shape index (κ1) is 26.3. The Labute approximate surface area is 168 Å². The van der Waals surface area contributed by atoms with Gasteiger partial charge in [-0.2, -0.15) is 0 Å². The molecule has 0 aromatic rings. The molecule has 5 unspecified atom stereocenters. The van der Waals surface area contributed by atoms with Crippen molar-refractivity contribution in [2.45, 2.75) is 64.2 Å². The number of carboxylic acids is 2. The Balaban J connectivity index is 5.10. The van der Waals surface area contributed by atoms with Crippen LogP contribution < -0.4 is 21.7 Å². The molecule has 0 aliphatic rings. The van der Waals surface area contributed by atoms with Crippen molar-refractivity contribution in [1.29, 1.82) is 0 Å². The van der Waals surface area contributed by atoms with Crippen LogP contribution in [0.1, 0.15) is 40.0 Å². The van der Waals surface area contributed by atoms with Gasteiger partial charge in [0, 0.05) is 6.42 Å². The van der Waals surface area contributed by atoms with E-state index in [4.69, 9.17) is 15.9 Å². The first-order chi connectivity index (χ1) is 13.4. The number of carbonyl (C=O) groups is 5. The summed E-state index contributed by atoms with van der Waals surface area (Å²) < 4.78 is 0. The van der Waals surface area contributed by atoms with E-state index in [1.807, 2.05) is 0 Å². The van der Waals surface area contributed by atoms with E-state index in [-0.39, 0.29) is 18.8 Å². The molecule has 0 saturated carbocycles. The highest BCUT2D eigenvalue weighted by atomic mass is 16.4. The minimum absolute atomic E-state index is 0.161. The minimum atomic E-state index is -1.42. The summed E-state index contributed by atoms with van der Waals surface area (Å²) >= 11 is 0. The number of aliphatic hydroxyl groups excluding tert-OH is 1. The van der Waals surface area contributed by atoms with Gasteiger partial charge in [0.1, 0.15) is 18.1 Å². The second-order valence-electron chi connectivity index (χ2n) is 6.72. The van der Waals surface area contributed by atoms with Crippen LogP contribution in [0.3, 0.4) is 0 Å². The summed E-state index contributed by atoms with van der Waals surface area (Å²) in [6.07, 6.45) is -0.0233. The van der Waals surface area contributed by atoms with Crippen molar-refractivity contribution in [1.82, 2.24) is 16.0 Å². The third-order valence-corrected chi connectivity index (χ3v) is 4.34. The largest absolute Gasteiger partial charge is 0.481 e. The molecule has 0 aliphatic carbocycles. The molecule has 0 rings (SSSR count). The quantitative estimate of drug-likeness (QED) is 0.172. The highest BCUT2D eigenvalue weighted by molar-refractivity contribution is 5.94. The summed E-state index contributed by atoms with van der Waals surface area (Å²) in [6, 6.07) is -4.89. The van der Waals surface area contributed by atoms with E-state index in [1.165, 1.54) is 6.92 Å². The average molecular weight is 418 g/mol. The summed E-state index contributed by atoms with van der Waals surface area (Å²) in [5, 5.41) is 33.8. The Kier molecular flexibility index (Phi) is 11.5. The van der Waals surface area contributed by atoms with Gasteiger partial charge >= 0.3 is 11.9 Å². The van der Waals surface area contributed by atoms with Crippen molar-refractivity contribution in [2.24, 2.45) is 11.7 Å². The van der Waals surface area contributed by atoms with Crippen LogP contribution in [0.25, 0.3) is 0 Å². The molecule has 5 atom stereocenters. The number of rotatable bonds is 13. The lowest BCUT2D eigenvalue weighted by Gasteiger charge is -2.27. The van der Waals surface area contributed by atoms with Crippen LogP contribution in [-0.2, 0) is 24.0 Å². The lowest BCUT2D eigenvalue weighted by molar-refractivity contribution is -0.142. The van der Waals surface area contributed by atoms with E-state index in [1.54, 1.807) is 13.8 Å². The van der Waals surface area contributed by atoms with E-state index in [0.717, 1.165) is 0 Å². The smallest absolute Gasteiger partial charge is 0.325 e. The topological polar surface area (TPSA) is 208 Å². The summed E-state index contributed by atoms with van der Waals surface area (Å²) in [5.41, 5.74) is 5.56. The van der Waals surface area contributed by atoms with Gasteiger partial charge in [0.05, 0.1) is 12.6 Å². The van der Waals surface area contributed by atoms with Gasteiger partial charge in [0.2, 0.25) is 17.7 Å². The number of nitrogens with two attached hydrogens (primary N) is 1. The van der Waals surface area contributed by atoms with Gasteiger partial charge in [0.25, 0.3) is 0 Å². The van der Waals surface area contributed by atoms with Crippen molar-refractivity contribution in [3.05, 3.63) is 0 Å². The molecule has 8 N–H and O–H groups in total. The highest BCUT2D eigenvalue weighted by Gasteiger charge is 2.31. The van der Waals surface area contributed by atoms with E-state index in [0.29, 0.717) is 6.42 Å². The first-order valence-corrected chi connectivity index (χ1v) is 9.16. The third-order valence-electron chi connectivity index (χ3n) is 4.34. The monoisotopic (exact) mass is 418 g/mol. The summed E-state index contributed by atoms with van der Waals surface area (Å²) in [6.45, 7) is 3.92. The Morgan fingerprint density at radius 2 is 1.52 bits per heavy atom. The van der Waals surface area contributed by atoms with Crippen LogP contribution in [0.2, 0.25) is 0 Å². The zero-order valence-electron chi connectivity index (χ0n) is 16.7. The van der Waals surface area contributed by atoms with E-state index >= 15 is 0 Å². The number of hydrogen-bond donors (Lipinski definition) is 7. The Morgan fingerprint density at radius 1 is 0.931 bits per heavy atom. The molecule has 12 heteroatoms. The predicted octanol–water partition coefficient (Wildman–Crippen LogP) is -2.22. The number of nitrogens with one attached hydrogen (secondary N) is 3. The number of hydrogen-bond acceptors (Lipinski definition) is 7. The van der Waals surface area contributed by atoms with Gasteiger partial charge in [0.15, 0.2) is 0 Å². The normalized spacial score (nSPS) is 15.9. The SMILES string of the molecule is CCC(C)C(NC(=O)C(CO)NC(=O)C(N)CCC(=O)O)C(=O)NC(C)C(=O)O. The highest BCUT2D eigenvalue weighted by Crippen LogP contribution is 2.09. The van der Waals surface area contributed by atoms with E-state index in [9.17, 15) is 29.1 Å². The van der Waals surface area contributed by atoms with Gasteiger partial charge in [-0.15, -0.1) is 0 Å². The van der Waals surface area contributed by atoms with Crippen LogP contribution in [0.15, 0.2) is 0 Å². The molecule has 166 valence electrons. The van der Waals surface area contributed by atoms with E-state index < -0.39 is 60.4 Å². The van der Waals surface area contributed by atoms with Crippen LogP contribution in [-0.4, -0.2) is 75.8 Å². The summed E-state index contributed by atoms with van der Waals surface area (Å²) in [5.74, 6) is -5.16. The molecule has 0 bridgehead atoms. The van der Waals surface area contributed by atoms with Gasteiger partial charge in [-0.3, -0.25) is 24.0 Å². The zero-order chi connectivity index (χ0) is 22.7. The fourth-order valence-corrected chi connectivity index (χ4v) is 2.20. The Morgan fingerprint density at radius 3 is 1.97 bits per heavy atom. The van der Waals surface area contributed by atoms with Crippen molar-refractivity contribution in [3.8, 4) is 0 Å². The molecule has 0 spiro atoms. The molecule has 12 nitrogen and oxygen atoms in total. The fourth-order valence-electron chi connectivity index (χ4n) is 2.20. The number of carboxylic acid groups (broad SMARTS) is 2. The zero-order valence-corrected chi connectivity index (χ0v) is 16.7. The Hall–Kier alpha value is -2.73. The third kappa shape index (κ3) is 9.34. The molecular formula is C17H30N4O8. The molecule has 0 heterocycles. The molecular weight excluding hydrogens is 388 g/mol. The molecule has 0 aliphatic heterocycles. The molecule has 29 heavy (non-hydrogen) atoms. The van der Waals surface area contributed by atoms with Crippen LogP contribution in [0, 0.1) is 5.92 Å². The predicted molar refractivity (Wildman–Crippen MR) is 100 cm³/mol. The second kappa shape index (κ2) is 12.7. The number of aliphatic hydroxyl groups is 1. The van der Waals surface area contributed by atoms with Gasteiger partial charge in [-0.1, -0.05) is 20.3 Å². The lowest BCUT2D eigenvalue weighted by atomic mass is 9.97. The second-order valence-corrected chi connectivity index (χ2v) is 6.72. The molecule has 0 fully saturated rings. The maximum absolute atomic E-state index is 12.4. The lowest BCUT2D eigenvalue weighted by Crippen LogP contribution is -2.59. The Bertz CT molecular complexity index is 612. The van der Waals surface area contributed by atoms with Crippen LogP contribution >= 0.6 is 0 Å². The minimum Gasteiger partial charge on any atom is -0.481 e. The summed E-state index contributed by atoms with van der Waals surface area (Å²) in [4.78, 5) is 58.3. The number of amides is 3. The van der Waals surface area contributed by atoms with Crippen LogP contribution in [0.4, 0.5) is 0 Å². The maximum Gasteiger partial charge on any atom is 0.325 e. The number of aliphatic carboxylic acids is 2. The maximum atomic E-state index is 12.4. The van der Waals surface area contributed by atoms with Crippen molar-refractivity contribution in [3.63, 3.8) is 0 Å². The molecule has 0 saturated heterocycles. The van der Waals surface area contributed by atoms with Gasteiger partial charge in [-0.25, -0.2) is 0 Å². The molecule has 0 aromatic heterocycles. The average Bonchev–Trinajstić information content (AvgIpc) is 2.66. The number of carbonyl (C=O) groups excluding carboxylic acids is 3. The first-order valence-electron chi connectivity index (χ1n) is 9.16. The van der Waals surface area contributed by atoms with Gasteiger partial charge in [-0.05, 0) is 19.3 Å². The van der Waals surface area contributed by atoms with Crippen molar-refractivity contribution in [2.75, 3.05) is 6.61 Å². The van der Waals surface area contributed by atoms with Crippen molar-refractivity contribution < 1.29 is 39.3 Å². The molecule has 0 radical (unpaired) electrons. The van der Waals surface area contributed by atoms with E-state index in [2.05, 4.69) is 16.0 Å². The molecule has 3 amide bonds. The van der Waals surface area contributed by atoms with Gasteiger partial charge < -0.3 is 37.0 Å². The molecule has 0 aromatic carbocycles. The van der Waals surface area contributed by atoms with Crippen molar-refractivity contribution >= 4 is 29.7 Å². The fraction of sp³-hybridized carbons (Fsp3) is 0.706. The summed E-state index contributed by atoms with van der Waals surface area (Å²) in [7, 11) is 0. The van der Waals surface area contributed by atoms with Crippen LogP contribution in [0.5, 0.6) is 0 Å².